The van der Waals surface area contributed by atoms with Gasteiger partial charge in [0.2, 0.25) is 0 Å². The van der Waals surface area contributed by atoms with Gasteiger partial charge in [-0.05, 0) is 0 Å². The van der Waals surface area contributed by atoms with Crippen LogP contribution in [0.3, 0.4) is 0 Å². The Labute approximate surface area is 59.6 Å². The molecule has 0 rings (SSSR count). The van der Waals surface area contributed by atoms with Crippen LogP contribution in [0.15, 0.2) is 37.0 Å². The highest BCUT2D eigenvalue weighted by Gasteiger charge is 2.22. The molecule has 0 nitrogen and oxygen atoms in total. The Hall–Kier alpha value is -0.920. The molecule has 0 aromatic heterocycles. The molecule has 0 unspecified atom stereocenters. The summed E-state index contributed by atoms with van der Waals surface area (Å²) in [5.74, 6) is -2.82. The van der Waals surface area contributed by atoms with E-state index in [0.29, 0.717) is 0 Å². The van der Waals surface area contributed by atoms with E-state index in [2.05, 4.69) is 13.2 Å². The first kappa shape index (κ1) is 9.08. The van der Waals surface area contributed by atoms with Crippen LogP contribution >= 0.6 is 0 Å². The van der Waals surface area contributed by atoms with Crippen LogP contribution in [-0.2, 0) is 0 Å². The largest absolute Gasteiger partial charge is 0.269 e. The lowest BCUT2D eigenvalue weighted by Crippen LogP contribution is -2.10. The van der Waals surface area contributed by atoms with Crippen LogP contribution in [0, 0.1) is 0 Å². The number of halogens is 2. The standard InChI is InChI=1S/C8H10F2/c1-4-5-6-7(2)8(3,9)10/h4-6H,1-2H2,3H3/b6-5-. The Morgan fingerprint density at radius 1 is 1.50 bits per heavy atom. The average Bonchev–Trinajstić information content (AvgIpc) is 1.80. The maximum Gasteiger partial charge on any atom is 0.269 e. The highest BCUT2D eigenvalue weighted by atomic mass is 19.3. The number of allylic oxidation sites excluding steroid dienone is 4. The van der Waals surface area contributed by atoms with E-state index in [1.165, 1.54) is 18.2 Å². The number of hydrogen-bond acceptors (Lipinski definition) is 0. The van der Waals surface area contributed by atoms with Gasteiger partial charge in [0.1, 0.15) is 0 Å². The van der Waals surface area contributed by atoms with E-state index in [1.807, 2.05) is 0 Å². The zero-order chi connectivity index (χ0) is 8.20. The van der Waals surface area contributed by atoms with Crippen LogP contribution in [0.5, 0.6) is 0 Å². The van der Waals surface area contributed by atoms with Gasteiger partial charge < -0.3 is 0 Å². The second kappa shape index (κ2) is 3.30. The van der Waals surface area contributed by atoms with Crippen molar-refractivity contribution < 1.29 is 8.78 Å². The smallest absolute Gasteiger partial charge is 0.202 e. The molecule has 0 saturated heterocycles. The molecule has 0 amide bonds. The van der Waals surface area contributed by atoms with Gasteiger partial charge in [-0.3, -0.25) is 0 Å². The molecule has 0 aromatic carbocycles. The molecule has 0 spiro atoms. The summed E-state index contributed by atoms with van der Waals surface area (Å²) in [5, 5.41) is 0. The van der Waals surface area contributed by atoms with E-state index in [0.717, 1.165) is 6.92 Å². The van der Waals surface area contributed by atoms with Crippen molar-refractivity contribution in [2.24, 2.45) is 0 Å². The third-order valence-corrected chi connectivity index (χ3v) is 0.997. The molecule has 56 valence electrons. The highest BCUT2D eigenvalue weighted by molar-refractivity contribution is 5.23. The van der Waals surface area contributed by atoms with Crippen molar-refractivity contribution in [3.8, 4) is 0 Å². The molecular weight excluding hydrogens is 134 g/mol. The van der Waals surface area contributed by atoms with Gasteiger partial charge in [0, 0.05) is 12.5 Å². The molecule has 0 aliphatic rings. The van der Waals surface area contributed by atoms with Crippen LogP contribution < -0.4 is 0 Å². The van der Waals surface area contributed by atoms with Crippen molar-refractivity contribution in [2.75, 3.05) is 0 Å². The molecule has 0 heterocycles. The van der Waals surface area contributed by atoms with Gasteiger partial charge in [-0.2, -0.15) is 0 Å². The first-order chi connectivity index (χ1) is 4.48. The minimum absolute atomic E-state index is 0.201. The Kier molecular flexibility index (Phi) is 3.00. The average molecular weight is 144 g/mol. The second-order valence-electron chi connectivity index (χ2n) is 2.01. The molecule has 0 bridgehead atoms. The number of hydrogen-bond donors (Lipinski definition) is 0. The fraction of sp³-hybridized carbons (Fsp3) is 0.250. The Balaban J connectivity index is 4.11. The normalized spacial score (nSPS) is 11.9. The SMILES string of the molecule is C=C/C=C\C(=C)C(C)(F)F. The summed E-state index contributed by atoms with van der Waals surface area (Å²) in [4.78, 5) is 0. The van der Waals surface area contributed by atoms with Crippen molar-refractivity contribution in [2.45, 2.75) is 12.8 Å². The summed E-state index contributed by atoms with van der Waals surface area (Å²) in [5.41, 5.74) is -0.201. The summed E-state index contributed by atoms with van der Waals surface area (Å²) in [6, 6.07) is 0. The van der Waals surface area contributed by atoms with E-state index >= 15 is 0 Å². The Morgan fingerprint density at radius 2 is 2.00 bits per heavy atom. The molecule has 0 N–H and O–H groups in total. The molecule has 0 aromatic rings. The van der Waals surface area contributed by atoms with Crippen LogP contribution in [0.1, 0.15) is 6.92 Å². The summed E-state index contributed by atoms with van der Waals surface area (Å²) < 4.78 is 24.5. The molecule has 0 atom stereocenters. The maximum absolute atomic E-state index is 12.3. The van der Waals surface area contributed by atoms with Gasteiger partial charge in [-0.25, -0.2) is 8.78 Å². The molecule has 2 heteroatoms. The lowest BCUT2D eigenvalue weighted by Gasteiger charge is -2.08. The molecule has 10 heavy (non-hydrogen) atoms. The predicted octanol–water partition coefficient (Wildman–Crippen LogP) is 2.94. The quantitative estimate of drug-likeness (QED) is 0.534. The zero-order valence-corrected chi connectivity index (χ0v) is 5.90. The van der Waals surface area contributed by atoms with E-state index in [4.69, 9.17) is 0 Å². The fourth-order valence-electron chi connectivity index (χ4n) is 0.331. The summed E-state index contributed by atoms with van der Waals surface area (Å²) in [6.45, 7) is 7.33. The zero-order valence-electron chi connectivity index (χ0n) is 5.90. The minimum Gasteiger partial charge on any atom is -0.202 e. The summed E-state index contributed by atoms with van der Waals surface area (Å²) in [7, 11) is 0. The predicted molar refractivity (Wildman–Crippen MR) is 39.1 cm³/mol. The van der Waals surface area contributed by atoms with E-state index in [1.54, 1.807) is 0 Å². The van der Waals surface area contributed by atoms with Gasteiger partial charge in [0.05, 0.1) is 0 Å². The van der Waals surface area contributed by atoms with Crippen LogP contribution in [0.25, 0.3) is 0 Å². The molecule has 0 saturated carbocycles. The van der Waals surface area contributed by atoms with Crippen molar-refractivity contribution in [3.63, 3.8) is 0 Å². The van der Waals surface area contributed by atoms with Crippen molar-refractivity contribution in [1.29, 1.82) is 0 Å². The Bertz CT molecular complexity index is 161. The molecule has 0 fully saturated rings. The molecule has 0 aliphatic carbocycles. The monoisotopic (exact) mass is 144 g/mol. The van der Waals surface area contributed by atoms with Crippen molar-refractivity contribution >= 4 is 0 Å². The van der Waals surface area contributed by atoms with Gasteiger partial charge >= 0.3 is 0 Å². The van der Waals surface area contributed by atoms with Gasteiger partial charge in [-0.1, -0.05) is 31.4 Å². The Morgan fingerprint density at radius 3 is 2.30 bits per heavy atom. The number of rotatable bonds is 3. The molecule has 0 radical (unpaired) electrons. The van der Waals surface area contributed by atoms with E-state index in [9.17, 15) is 8.78 Å². The first-order valence-corrected chi connectivity index (χ1v) is 2.85. The minimum atomic E-state index is -2.82. The van der Waals surface area contributed by atoms with E-state index < -0.39 is 5.92 Å². The third-order valence-electron chi connectivity index (χ3n) is 0.997. The topological polar surface area (TPSA) is 0 Å². The van der Waals surface area contributed by atoms with E-state index in [-0.39, 0.29) is 5.57 Å². The highest BCUT2D eigenvalue weighted by Crippen LogP contribution is 2.21. The van der Waals surface area contributed by atoms with Gasteiger partial charge in [0.15, 0.2) is 0 Å². The second-order valence-corrected chi connectivity index (χ2v) is 2.01. The summed E-state index contributed by atoms with van der Waals surface area (Å²) >= 11 is 0. The van der Waals surface area contributed by atoms with Crippen molar-refractivity contribution in [3.05, 3.63) is 37.0 Å². The maximum atomic E-state index is 12.3. The van der Waals surface area contributed by atoms with Crippen LogP contribution in [-0.4, -0.2) is 5.92 Å². The van der Waals surface area contributed by atoms with Crippen LogP contribution in [0.2, 0.25) is 0 Å². The van der Waals surface area contributed by atoms with Gasteiger partial charge in [-0.15, -0.1) is 0 Å². The summed E-state index contributed by atoms with van der Waals surface area (Å²) in [6.07, 6.45) is 4.10. The van der Waals surface area contributed by atoms with Crippen molar-refractivity contribution in [1.82, 2.24) is 0 Å². The molecule has 0 aliphatic heterocycles. The van der Waals surface area contributed by atoms with Gasteiger partial charge in [0.25, 0.3) is 5.92 Å². The lowest BCUT2D eigenvalue weighted by molar-refractivity contribution is 0.0680. The first-order valence-electron chi connectivity index (χ1n) is 2.85. The molecular formula is C8H10F2. The number of alkyl halides is 2. The third kappa shape index (κ3) is 3.17. The fourth-order valence-corrected chi connectivity index (χ4v) is 0.331. The van der Waals surface area contributed by atoms with Crippen LogP contribution in [0.4, 0.5) is 8.78 Å². The lowest BCUT2D eigenvalue weighted by atomic mass is 10.1.